The molecule has 146 valence electrons. The lowest BCUT2D eigenvalue weighted by Crippen LogP contribution is -2.44. The normalized spacial score (nSPS) is 17.0. The van der Waals surface area contributed by atoms with Crippen LogP contribution < -0.4 is 5.32 Å². The van der Waals surface area contributed by atoms with E-state index in [9.17, 15) is 4.79 Å². The fourth-order valence-electron chi connectivity index (χ4n) is 3.61. The van der Waals surface area contributed by atoms with E-state index in [4.69, 9.17) is 11.6 Å². The molecule has 3 rings (SSSR count). The molecule has 5 nitrogen and oxygen atoms in total. The van der Waals surface area contributed by atoms with Gasteiger partial charge in [0, 0.05) is 42.4 Å². The number of likely N-dealkylation sites (tertiary alicyclic amines) is 1. The van der Waals surface area contributed by atoms with Crippen LogP contribution in [0.15, 0.2) is 30.5 Å². The van der Waals surface area contributed by atoms with Crippen LogP contribution >= 0.6 is 11.6 Å². The highest BCUT2D eigenvalue weighted by molar-refractivity contribution is 6.30. The highest BCUT2D eigenvalue weighted by Gasteiger charge is 2.23. The van der Waals surface area contributed by atoms with Crippen LogP contribution in [0.3, 0.4) is 0 Å². The Morgan fingerprint density at radius 1 is 1.30 bits per heavy atom. The van der Waals surface area contributed by atoms with Crippen molar-refractivity contribution < 1.29 is 4.79 Å². The van der Waals surface area contributed by atoms with E-state index in [1.807, 2.05) is 23.7 Å². The zero-order valence-corrected chi connectivity index (χ0v) is 17.2. The molecule has 27 heavy (non-hydrogen) atoms. The summed E-state index contributed by atoms with van der Waals surface area (Å²) in [5, 5.41) is 8.38. The average Bonchev–Trinajstić information content (AvgIpc) is 3.06. The van der Waals surface area contributed by atoms with Crippen LogP contribution in [0.2, 0.25) is 5.02 Å². The molecule has 1 aliphatic rings. The Kier molecular flexibility index (Phi) is 6.55. The number of nitrogens with zero attached hydrogens (tertiary/aromatic N) is 3. The van der Waals surface area contributed by atoms with Gasteiger partial charge in [-0.1, -0.05) is 30.7 Å². The van der Waals surface area contributed by atoms with Gasteiger partial charge in [0.2, 0.25) is 0 Å². The predicted molar refractivity (Wildman–Crippen MR) is 109 cm³/mol. The van der Waals surface area contributed by atoms with Gasteiger partial charge in [0.25, 0.3) is 5.91 Å². The van der Waals surface area contributed by atoms with E-state index in [1.54, 1.807) is 6.20 Å². The summed E-state index contributed by atoms with van der Waals surface area (Å²) >= 11 is 5.95. The molecule has 1 fully saturated rings. The Morgan fingerprint density at radius 2 is 1.96 bits per heavy atom. The van der Waals surface area contributed by atoms with Gasteiger partial charge < -0.3 is 5.32 Å². The summed E-state index contributed by atoms with van der Waals surface area (Å²) in [5.74, 6) is -0.00166. The maximum absolute atomic E-state index is 12.7. The summed E-state index contributed by atoms with van der Waals surface area (Å²) < 4.78 is 1.95. The zero-order valence-electron chi connectivity index (χ0n) is 16.4. The van der Waals surface area contributed by atoms with Crippen LogP contribution in [-0.4, -0.2) is 39.7 Å². The number of piperidine rings is 1. The van der Waals surface area contributed by atoms with Gasteiger partial charge in [-0.3, -0.25) is 14.4 Å². The van der Waals surface area contributed by atoms with Crippen LogP contribution in [-0.2, 0) is 6.54 Å². The van der Waals surface area contributed by atoms with Crippen LogP contribution in [0.25, 0.3) is 0 Å². The minimum atomic E-state index is -0.00166. The SMILES string of the molecule is CC[C@H](C)n1ncc(C(=O)NC2CCN(Cc3ccc(Cl)cc3)CC2)c1C. The van der Waals surface area contributed by atoms with Crippen molar-refractivity contribution in [1.29, 1.82) is 0 Å². The third kappa shape index (κ3) is 4.90. The quantitative estimate of drug-likeness (QED) is 0.806. The number of halogens is 1. The van der Waals surface area contributed by atoms with Gasteiger partial charge in [0.05, 0.1) is 11.8 Å². The number of carbonyl (C=O) groups is 1. The van der Waals surface area contributed by atoms with Crippen molar-refractivity contribution in [1.82, 2.24) is 20.0 Å². The topological polar surface area (TPSA) is 50.2 Å². The molecular weight excluding hydrogens is 360 g/mol. The molecule has 1 saturated heterocycles. The van der Waals surface area contributed by atoms with Crippen molar-refractivity contribution in [3.8, 4) is 0 Å². The number of nitrogens with one attached hydrogen (secondary N) is 1. The minimum Gasteiger partial charge on any atom is -0.349 e. The molecule has 0 saturated carbocycles. The second-order valence-corrected chi connectivity index (χ2v) is 7.93. The molecule has 1 aromatic heterocycles. The third-order valence-corrected chi connectivity index (χ3v) is 5.79. The standard InChI is InChI=1S/C21H29ClN4O/c1-4-15(2)26-16(3)20(13-23-26)21(27)24-19-9-11-25(12-10-19)14-17-5-7-18(22)8-6-17/h5-8,13,15,19H,4,9-12,14H2,1-3H3,(H,24,27)/t15-/m0/s1. The minimum absolute atomic E-state index is 0.00166. The lowest BCUT2D eigenvalue weighted by Gasteiger charge is -2.32. The molecule has 0 radical (unpaired) electrons. The van der Waals surface area contributed by atoms with E-state index in [0.29, 0.717) is 11.6 Å². The molecule has 0 aliphatic carbocycles. The Labute approximate surface area is 166 Å². The Bertz CT molecular complexity index is 763. The van der Waals surface area contributed by atoms with E-state index < -0.39 is 0 Å². The predicted octanol–water partition coefficient (Wildman–Crippen LogP) is 4.21. The second kappa shape index (κ2) is 8.89. The number of rotatable bonds is 6. The molecule has 2 heterocycles. The van der Waals surface area contributed by atoms with E-state index >= 15 is 0 Å². The monoisotopic (exact) mass is 388 g/mol. The van der Waals surface area contributed by atoms with Gasteiger partial charge in [-0.25, -0.2) is 0 Å². The largest absolute Gasteiger partial charge is 0.349 e. The number of carbonyl (C=O) groups excluding carboxylic acids is 1. The van der Waals surface area contributed by atoms with Crippen molar-refractivity contribution in [2.75, 3.05) is 13.1 Å². The number of amides is 1. The van der Waals surface area contributed by atoms with Gasteiger partial charge >= 0.3 is 0 Å². The lowest BCUT2D eigenvalue weighted by molar-refractivity contribution is 0.0908. The van der Waals surface area contributed by atoms with E-state index in [1.165, 1.54) is 5.56 Å². The van der Waals surface area contributed by atoms with E-state index in [0.717, 1.165) is 49.6 Å². The van der Waals surface area contributed by atoms with E-state index in [-0.39, 0.29) is 11.9 Å². The molecule has 0 unspecified atom stereocenters. The molecule has 0 spiro atoms. The Balaban J connectivity index is 1.51. The number of hydrogen-bond acceptors (Lipinski definition) is 3. The summed E-state index contributed by atoms with van der Waals surface area (Å²) in [6, 6.07) is 8.56. The molecule has 6 heteroatoms. The van der Waals surface area contributed by atoms with Gasteiger partial charge in [-0.05, 0) is 50.8 Å². The van der Waals surface area contributed by atoms with Gasteiger partial charge in [0.15, 0.2) is 0 Å². The molecule has 1 aliphatic heterocycles. The Hall–Kier alpha value is -1.85. The van der Waals surface area contributed by atoms with Gasteiger partial charge in [-0.2, -0.15) is 5.10 Å². The van der Waals surface area contributed by atoms with Crippen molar-refractivity contribution >= 4 is 17.5 Å². The maximum atomic E-state index is 12.7. The summed E-state index contributed by atoms with van der Waals surface area (Å²) in [6.45, 7) is 9.13. The molecular formula is C21H29ClN4O. The summed E-state index contributed by atoms with van der Waals surface area (Å²) in [6.07, 6.45) is 4.64. The summed E-state index contributed by atoms with van der Waals surface area (Å²) in [4.78, 5) is 15.1. The Morgan fingerprint density at radius 3 is 2.59 bits per heavy atom. The van der Waals surface area contributed by atoms with Crippen LogP contribution in [0.5, 0.6) is 0 Å². The summed E-state index contributed by atoms with van der Waals surface area (Å²) in [5.41, 5.74) is 2.91. The number of benzene rings is 1. The average molecular weight is 389 g/mol. The summed E-state index contributed by atoms with van der Waals surface area (Å²) in [7, 11) is 0. The second-order valence-electron chi connectivity index (χ2n) is 7.50. The third-order valence-electron chi connectivity index (χ3n) is 5.54. The molecule has 1 N–H and O–H groups in total. The first kappa shape index (κ1) is 19.9. The fourth-order valence-corrected chi connectivity index (χ4v) is 3.74. The van der Waals surface area contributed by atoms with Crippen LogP contribution in [0.4, 0.5) is 0 Å². The van der Waals surface area contributed by atoms with E-state index in [2.05, 4.69) is 41.3 Å². The zero-order chi connectivity index (χ0) is 19.4. The van der Waals surface area contributed by atoms with Gasteiger partial charge in [0.1, 0.15) is 0 Å². The van der Waals surface area contributed by atoms with Crippen LogP contribution in [0, 0.1) is 6.92 Å². The molecule has 1 aromatic carbocycles. The highest BCUT2D eigenvalue weighted by atomic mass is 35.5. The highest BCUT2D eigenvalue weighted by Crippen LogP contribution is 2.18. The first-order valence-corrected chi connectivity index (χ1v) is 10.2. The van der Waals surface area contributed by atoms with Crippen molar-refractivity contribution in [2.24, 2.45) is 0 Å². The first-order chi connectivity index (χ1) is 13.0. The molecule has 1 amide bonds. The smallest absolute Gasteiger partial charge is 0.254 e. The first-order valence-electron chi connectivity index (χ1n) is 9.79. The van der Waals surface area contributed by atoms with Crippen molar-refractivity contribution in [3.63, 3.8) is 0 Å². The van der Waals surface area contributed by atoms with Crippen molar-refractivity contribution in [2.45, 2.75) is 58.7 Å². The molecule has 0 bridgehead atoms. The number of hydrogen-bond donors (Lipinski definition) is 1. The molecule has 1 atom stereocenters. The van der Waals surface area contributed by atoms with Gasteiger partial charge in [-0.15, -0.1) is 0 Å². The lowest BCUT2D eigenvalue weighted by atomic mass is 10.0. The van der Waals surface area contributed by atoms with Crippen molar-refractivity contribution in [3.05, 3.63) is 52.3 Å². The number of aromatic nitrogens is 2. The fraction of sp³-hybridized carbons (Fsp3) is 0.524. The van der Waals surface area contributed by atoms with Crippen LogP contribution in [0.1, 0.15) is 60.8 Å². The molecule has 2 aromatic rings. The maximum Gasteiger partial charge on any atom is 0.254 e.